The van der Waals surface area contributed by atoms with E-state index in [4.69, 9.17) is 0 Å². The van der Waals surface area contributed by atoms with Gasteiger partial charge in [-0.25, -0.2) is 0 Å². The van der Waals surface area contributed by atoms with Crippen molar-refractivity contribution in [1.29, 1.82) is 0 Å². The van der Waals surface area contributed by atoms with Crippen molar-refractivity contribution in [2.75, 3.05) is 0 Å². The average molecular weight is 145 g/mol. The third-order valence-corrected chi connectivity index (χ3v) is 2.13. The van der Waals surface area contributed by atoms with E-state index in [-0.39, 0.29) is 0 Å². The minimum Gasteiger partial charge on any atom is -0.257 e. The van der Waals surface area contributed by atoms with Crippen LogP contribution in [0.3, 0.4) is 0 Å². The van der Waals surface area contributed by atoms with Crippen molar-refractivity contribution in [3.8, 4) is 0 Å². The van der Waals surface area contributed by atoms with Crippen molar-refractivity contribution < 1.29 is 0 Å². The Morgan fingerprint density at radius 2 is 2.09 bits per heavy atom. The van der Waals surface area contributed by atoms with Crippen molar-refractivity contribution in [3.63, 3.8) is 0 Å². The molecule has 0 saturated carbocycles. The van der Waals surface area contributed by atoms with Crippen LogP contribution in [0.5, 0.6) is 0 Å². The Balaban J connectivity index is 2.59. The zero-order valence-corrected chi connectivity index (χ0v) is 6.89. The highest BCUT2D eigenvalue weighted by Crippen LogP contribution is 2.28. The third kappa shape index (κ3) is 0.967. The van der Waals surface area contributed by atoms with Gasteiger partial charge in [0.25, 0.3) is 0 Å². The van der Waals surface area contributed by atoms with Crippen LogP contribution in [0.1, 0.15) is 18.1 Å². The third-order valence-electron chi connectivity index (χ3n) is 2.13. The Kier molecular flexibility index (Phi) is 1.31. The molecule has 0 atom stereocenters. The summed E-state index contributed by atoms with van der Waals surface area (Å²) in [5.74, 6) is 0. The summed E-state index contributed by atoms with van der Waals surface area (Å²) in [5.41, 5.74) is 5.17. The summed E-state index contributed by atoms with van der Waals surface area (Å²) in [6, 6.07) is 6.29. The lowest BCUT2D eigenvalue weighted by atomic mass is 10.0. The Hall–Kier alpha value is -1.11. The molecule has 1 nitrogen and oxygen atoms in total. The number of benzene rings is 1. The van der Waals surface area contributed by atoms with Crippen LogP contribution in [0.25, 0.3) is 0 Å². The second kappa shape index (κ2) is 2.19. The predicted octanol–water partition coefficient (Wildman–Crippen LogP) is 2.64. The molecule has 0 unspecified atom stereocenters. The van der Waals surface area contributed by atoms with Crippen molar-refractivity contribution in [2.24, 2.45) is 4.99 Å². The van der Waals surface area contributed by atoms with Crippen LogP contribution in [-0.2, 0) is 6.42 Å². The average Bonchev–Trinajstić information content (AvgIpc) is 2.31. The van der Waals surface area contributed by atoms with Crippen LogP contribution in [-0.4, -0.2) is 5.71 Å². The lowest BCUT2D eigenvalue weighted by Crippen LogP contribution is -1.90. The van der Waals surface area contributed by atoms with Gasteiger partial charge in [-0.2, -0.15) is 0 Å². The Morgan fingerprint density at radius 1 is 1.27 bits per heavy atom. The Morgan fingerprint density at radius 3 is 2.82 bits per heavy atom. The Bertz CT molecular complexity index is 324. The van der Waals surface area contributed by atoms with E-state index < -0.39 is 0 Å². The van der Waals surface area contributed by atoms with Crippen LogP contribution in [0.4, 0.5) is 5.69 Å². The summed E-state index contributed by atoms with van der Waals surface area (Å²) in [5, 5.41) is 0. The zero-order valence-electron chi connectivity index (χ0n) is 6.89. The monoisotopic (exact) mass is 145 g/mol. The highest BCUT2D eigenvalue weighted by molar-refractivity contribution is 5.92. The molecule has 0 aromatic heterocycles. The maximum atomic E-state index is 4.43. The molecule has 0 spiro atoms. The summed E-state index contributed by atoms with van der Waals surface area (Å²) < 4.78 is 0. The number of aliphatic imine (C=N–C) groups is 1. The van der Waals surface area contributed by atoms with Gasteiger partial charge < -0.3 is 0 Å². The summed E-state index contributed by atoms with van der Waals surface area (Å²) in [6.07, 6.45) is 1.04. The molecule has 1 heteroatoms. The Labute approximate surface area is 66.8 Å². The molecular formula is C10H11N. The van der Waals surface area contributed by atoms with Gasteiger partial charge in [0.2, 0.25) is 0 Å². The minimum atomic E-state index is 1.04. The highest BCUT2D eigenvalue weighted by atomic mass is 14.8. The second-order valence-electron chi connectivity index (χ2n) is 3.10. The predicted molar refractivity (Wildman–Crippen MR) is 47.7 cm³/mol. The van der Waals surface area contributed by atoms with Crippen molar-refractivity contribution in [1.82, 2.24) is 0 Å². The van der Waals surface area contributed by atoms with Gasteiger partial charge in [0.05, 0.1) is 5.69 Å². The molecule has 1 aliphatic heterocycles. The van der Waals surface area contributed by atoms with E-state index in [1.807, 2.05) is 0 Å². The van der Waals surface area contributed by atoms with Gasteiger partial charge in [-0.15, -0.1) is 0 Å². The molecule has 1 heterocycles. The quantitative estimate of drug-likeness (QED) is 0.532. The van der Waals surface area contributed by atoms with E-state index in [1.54, 1.807) is 0 Å². The number of rotatable bonds is 0. The lowest BCUT2D eigenvalue weighted by molar-refractivity contribution is 1.29. The van der Waals surface area contributed by atoms with Crippen molar-refractivity contribution >= 4 is 11.4 Å². The summed E-state index contributed by atoms with van der Waals surface area (Å²) in [7, 11) is 0. The van der Waals surface area contributed by atoms with E-state index in [2.05, 4.69) is 37.0 Å². The topological polar surface area (TPSA) is 12.4 Å². The molecule has 0 bridgehead atoms. The number of hydrogen-bond acceptors (Lipinski definition) is 1. The van der Waals surface area contributed by atoms with Gasteiger partial charge in [-0.3, -0.25) is 4.99 Å². The van der Waals surface area contributed by atoms with Gasteiger partial charge in [0, 0.05) is 12.1 Å². The molecule has 0 N–H and O–H groups in total. The van der Waals surface area contributed by atoms with Crippen LogP contribution < -0.4 is 0 Å². The second-order valence-corrected chi connectivity index (χ2v) is 3.10. The SMILES string of the molecule is CC1=Nc2cccc(C)c2C1. The number of hydrogen-bond donors (Lipinski definition) is 0. The van der Waals surface area contributed by atoms with Gasteiger partial charge in [-0.05, 0) is 31.0 Å². The molecule has 0 saturated heterocycles. The normalized spacial score (nSPS) is 14.5. The van der Waals surface area contributed by atoms with Crippen LogP contribution >= 0.6 is 0 Å². The van der Waals surface area contributed by atoms with E-state index >= 15 is 0 Å². The summed E-state index contributed by atoms with van der Waals surface area (Å²) in [4.78, 5) is 4.43. The summed E-state index contributed by atoms with van der Waals surface area (Å²) >= 11 is 0. The van der Waals surface area contributed by atoms with E-state index in [0.29, 0.717) is 0 Å². The van der Waals surface area contributed by atoms with Gasteiger partial charge >= 0.3 is 0 Å². The highest BCUT2D eigenvalue weighted by Gasteiger charge is 2.11. The first-order valence-electron chi connectivity index (χ1n) is 3.90. The van der Waals surface area contributed by atoms with Gasteiger partial charge in [0.1, 0.15) is 0 Å². The van der Waals surface area contributed by atoms with E-state index in [9.17, 15) is 0 Å². The number of aryl methyl sites for hydroxylation is 1. The van der Waals surface area contributed by atoms with Crippen LogP contribution in [0.2, 0.25) is 0 Å². The van der Waals surface area contributed by atoms with Crippen molar-refractivity contribution in [3.05, 3.63) is 29.3 Å². The molecule has 2 rings (SSSR count). The fourth-order valence-corrected chi connectivity index (χ4v) is 1.52. The molecule has 0 aliphatic carbocycles. The molecular weight excluding hydrogens is 134 g/mol. The first-order valence-corrected chi connectivity index (χ1v) is 3.90. The van der Waals surface area contributed by atoms with Crippen LogP contribution in [0.15, 0.2) is 23.2 Å². The molecule has 1 aromatic carbocycles. The largest absolute Gasteiger partial charge is 0.257 e. The molecule has 56 valence electrons. The fourth-order valence-electron chi connectivity index (χ4n) is 1.52. The molecule has 0 radical (unpaired) electrons. The maximum absolute atomic E-state index is 4.43. The number of fused-ring (bicyclic) bond motifs is 1. The minimum absolute atomic E-state index is 1.04. The fraction of sp³-hybridized carbons (Fsp3) is 0.300. The molecule has 1 aromatic rings. The smallest absolute Gasteiger partial charge is 0.0667 e. The zero-order chi connectivity index (χ0) is 7.84. The lowest BCUT2D eigenvalue weighted by Gasteiger charge is -1.99. The standard InChI is InChI=1S/C10H11N/c1-7-4-3-5-10-9(7)6-8(2)11-10/h3-5H,6H2,1-2H3. The van der Waals surface area contributed by atoms with Gasteiger partial charge in [-0.1, -0.05) is 12.1 Å². The molecule has 0 fully saturated rings. The number of nitrogens with zero attached hydrogens (tertiary/aromatic N) is 1. The van der Waals surface area contributed by atoms with Crippen LogP contribution in [0, 0.1) is 6.92 Å². The van der Waals surface area contributed by atoms with E-state index in [0.717, 1.165) is 6.42 Å². The molecule has 11 heavy (non-hydrogen) atoms. The first kappa shape index (κ1) is 6.59. The first-order chi connectivity index (χ1) is 5.27. The van der Waals surface area contributed by atoms with Crippen molar-refractivity contribution in [2.45, 2.75) is 20.3 Å². The molecule has 0 amide bonds. The molecule has 1 aliphatic rings. The maximum Gasteiger partial charge on any atom is 0.0667 e. The van der Waals surface area contributed by atoms with E-state index in [1.165, 1.54) is 22.5 Å². The van der Waals surface area contributed by atoms with Gasteiger partial charge in [0.15, 0.2) is 0 Å². The summed E-state index contributed by atoms with van der Waals surface area (Å²) in [6.45, 7) is 4.23.